The van der Waals surface area contributed by atoms with Gasteiger partial charge in [0.25, 0.3) is 0 Å². The van der Waals surface area contributed by atoms with Crippen molar-refractivity contribution in [2.75, 3.05) is 6.61 Å². The molecule has 0 aliphatic carbocycles. The molecule has 2 N–H and O–H groups in total. The number of rotatable bonds is 5. The van der Waals surface area contributed by atoms with E-state index in [0.717, 1.165) is 5.56 Å². The smallest absolute Gasteiger partial charge is 0.374 e. The summed E-state index contributed by atoms with van der Waals surface area (Å²) in [7, 11) is 0. The highest BCUT2D eigenvalue weighted by Gasteiger charge is 2.36. The number of phenols is 1. The lowest BCUT2D eigenvalue weighted by molar-refractivity contribution is -0.142. The topological polar surface area (TPSA) is 76.0 Å². The van der Waals surface area contributed by atoms with Crippen molar-refractivity contribution in [3.8, 4) is 11.5 Å². The first-order chi connectivity index (χ1) is 12.5. The molecule has 0 saturated carbocycles. The van der Waals surface area contributed by atoms with Crippen molar-refractivity contribution in [2.45, 2.75) is 20.0 Å². The summed E-state index contributed by atoms with van der Waals surface area (Å²) in [4.78, 5) is 11.9. The molecule has 2 aromatic carbocycles. The van der Waals surface area contributed by atoms with Gasteiger partial charge >= 0.3 is 5.97 Å². The average Bonchev–Trinajstić information content (AvgIpc) is 2.91. The maximum absolute atomic E-state index is 11.9. The molecule has 3 rings (SSSR count). The van der Waals surface area contributed by atoms with Crippen LogP contribution < -0.4 is 4.74 Å². The molecule has 1 aliphatic rings. The molecule has 1 aliphatic heterocycles. The molecule has 0 spiro atoms. The number of hydrogen-bond acceptors (Lipinski definition) is 5. The molecule has 134 valence electrons. The van der Waals surface area contributed by atoms with E-state index in [1.54, 1.807) is 36.4 Å². The molecule has 0 radical (unpaired) electrons. The predicted molar refractivity (Wildman–Crippen MR) is 97.9 cm³/mol. The summed E-state index contributed by atoms with van der Waals surface area (Å²) in [5, 5.41) is 19.6. The molecule has 26 heavy (non-hydrogen) atoms. The van der Waals surface area contributed by atoms with Crippen LogP contribution >= 0.6 is 0 Å². The number of hydrogen-bond donors (Lipinski definition) is 2. The monoisotopic (exact) mass is 352 g/mol. The highest BCUT2D eigenvalue weighted by atomic mass is 16.6. The lowest BCUT2D eigenvalue weighted by atomic mass is 9.95. The van der Waals surface area contributed by atoms with Crippen molar-refractivity contribution in [3.05, 3.63) is 77.1 Å². The summed E-state index contributed by atoms with van der Waals surface area (Å²) in [6.45, 7) is 4.49. The molecule has 5 heteroatoms. The van der Waals surface area contributed by atoms with Crippen LogP contribution in [0, 0.1) is 0 Å². The van der Waals surface area contributed by atoms with E-state index in [2.05, 4.69) is 0 Å². The molecule has 0 fully saturated rings. The summed E-state index contributed by atoms with van der Waals surface area (Å²) in [6, 6.07) is 13.5. The van der Waals surface area contributed by atoms with Crippen LogP contribution in [0.2, 0.25) is 0 Å². The normalized spacial score (nSPS) is 16.4. The fourth-order valence-corrected chi connectivity index (χ4v) is 2.66. The molecule has 2 aromatic rings. The molecule has 1 atom stereocenters. The van der Waals surface area contributed by atoms with Crippen molar-refractivity contribution in [1.82, 2.24) is 0 Å². The van der Waals surface area contributed by atoms with Gasteiger partial charge in [-0.3, -0.25) is 0 Å². The molecular weight excluding hydrogens is 332 g/mol. The summed E-state index contributed by atoms with van der Waals surface area (Å²) in [5.74, 6) is -0.366. The van der Waals surface area contributed by atoms with Crippen molar-refractivity contribution < 1.29 is 24.5 Å². The molecule has 0 bridgehead atoms. The number of esters is 1. The summed E-state index contributed by atoms with van der Waals surface area (Å²) < 4.78 is 11.0. The van der Waals surface area contributed by atoms with E-state index in [1.165, 1.54) is 17.7 Å². The van der Waals surface area contributed by atoms with E-state index in [4.69, 9.17) is 9.47 Å². The van der Waals surface area contributed by atoms with Crippen LogP contribution in [0.3, 0.4) is 0 Å². The van der Waals surface area contributed by atoms with Crippen LogP contribution in [0.15, 0.2) is 65.9 Å². The van der Waals surface area contributed by atoms with Crippen LogP contribution in [0.25, 0.3) is 5.57 Å². The third-order valence-electron chi connectivity index (χ3n) is 4.04. The van der Waals surface area contributed by atoms with Gasteiger partial charge in [0.15, 0.2) is 6.10 Å². The number of phenolic OH excluding ortho intramolecular Hbond substituents is 1. The number of aliphatic hydroxyl groups excluding tert-OH is 1. The third kappa shape index (κ3) is 3.72. The SMILES string of the molecule is CC(C)=CCOc1ccc(C2OC(=O)C(O)=C2c2ccc(O)cc2)cc1. The standard InChI is InChI=1S/C21H20O5/c1-13(2)11-12-25-17-9-5-15(6-10-17)20-18(19(23)21(24)26-20)14-3-7-16(22)8-4-14/h3-11,20,22-23H,12H2,1-2H3. The molecule has 0 amide bonds. The molecular formula is C21H20O5. The van der Waals surface area contributed by atoms with Crippen molar-refractivity contribution in [1.29, 1.82) is 0 Å². The zero-order valence-electron chi connectivity index (χ0n) is 14.6. The summed E-state index contributed by atoms with van der Waals surface area (Å²) in [6.07, 6.45) is 1.27. The first-order valence-electron chi connectivity index (χ1n) is 8.25. The van der Waals surface area contributed by atoms with Crippen molar-refractivity contribution in [2.24, 2.45) is 0 Å². The number of aromatic hydroxyl groups is 1. The second-order valence-electron chi connectivity index (χ2n) is 6.26. The molecule has 1 unspecified atom stereocenters. The quantitative estimate of drug-likeness (QED) is 0.620. The number of carbonyl (C=O) groups excluding carboxylic acids is 1. The highest BCUT2D eigenvalue weighted by Crippen LogP contribution is 2.41. The van der Waals surface area contributed by atoms with E-state index >= 15 is 0 Å². The second kappa shape index (κ2) is 7.35. The Morgan fingerprint density at radius 1 is 1.08 bits per heavy atom. The first kappa shape index (κ1) is 17.6. The van der Waals surface area contributed by atoms with E-state index in [1.807, 2.05) is 19.9 Å². The van der Waals surface area contributed by atoms with Gasteiger partial charge < -0.3 is 19.7 Å². The van der Waals surface area contributed by atoms with E-state index in [-0.39, 0.29) is 5.75 Å². The van der Waals surface area contributed by atoms with Crippen LogP contribution in [-0.2, 0) is 9.53 Å². The summed E-state index contributed by atoms with van der Waals surface area (Å²) in [5.41, 5.74) is 2.90. The Morgan fingerprint density at radius 3 is 2.35 bits per heavy atom. The molecule has 1 heterocycles. The lowest BCUT2D eigenvalue weighted by Crippen LogP contribution is -2.03. The van der Waals surface area contributed by atoms with Crippen molar-refractivity contribution in [3.63, 3.8) is 0 Å². The largest absolute Gasteiger partial charge is 0.508 e. The maximum Gasteiger partial charge on any atom is 0.374 e. The van der Waals surface area contributed by atoms with Gasteiger partial charge in [-0.1, -0.05) is 29.8 Å². The molecule has 5 nitrogen and oxygen atoms in total. The number of cyclic esters (lactones) is 1. The van der Waals surface area contributed by atoms with Crippen LogP contribution in [0.1, 0.15) is 31.1 Å². The number of allylic oxidation sites excluding steroid dienone is 1. The van der Waals surface area contributed by atoms with Gasteiger partial charge in [-0.15, -0.1) is 0 Å². The Bertz CT molecular complexity index is 856. The highest BCUT2D eigenvalue weighted by molar-refractivity contribution is 6.00. The van der Waals surface area contributed by atoms with Gasteiger partial charge in [-0.25, -0.2) is 4.79 Å². The Hall–Kier alpha value is -3.21. The molecule has 0 aromatic heterocycles. The van der Waals surface area contributed by atoms with Gasteiger partial charge in [0.05, 0.1) is 5.57 Å². The van der Waals surface area contributed by atoms with Gasteiger partial charge in [-0.05, 0) is 55.3 Å². The minimum atomic E-state index is -0.762. The maximum atomic E-state index is 11.9. The number of aliphatic hydroxyl groups is 1. The van der Waals surface area contributed by atoms with Gasteiger partial charge in [0, 0.05) is 0 Å². The minimum absolute atomic E-state index is 0.105. The van der Waals surface area contributed by atoms with E-state index in [0.29, 0.717) is 23.5 Å². The second-order valence-corrected chi connectivity index (χ2v) is 6.26. The first-order valence-corrected chi connectivity index (χ1v) is 8.25. The van der Waals surface area contributed by atoms with Gasteiger partial charge in [0.1, 0.15) is 18.1 Å². The van der Waals surface area contributed by atoms with Crippen LogP contribution in [-0.4, -0.2) is 22.8 Å². The number of ether oxygens (including phenoxy) is 2. The Labute approximate surface area is 151 Å². The number of carbonyl (C=O) groups is 1. The fourth-order valence-electron chi connectivity index (χ4n) is 2.66. The fraction of sp³-hybridized carbons (Fsp3) is 0.190. The third-order valence-corrected chi connectivity index (χ3v) is 4.04. The number of benzene rings is 2. The molecule has 0 saturated heterocycles. The minimum Gasteiger partial charge on any atom is -0.508 e. The summed E-state index contributed by atoms with van der Waals surface area (Å²) >= 11 is 0. The van der Waals surface area contributed by atoms with Crippen LogP contribution in [0.5, 0.6) is 11.5 Å². The van der Waals surface area contributed by atoms with E-state index in [9.17, 15) is 15.0 Å². The van der Waals surface area contributed by atoms with Crippen LogP contribution in [0.4, 0.5) is 0 Å². The van der Waals surface area contributed by atoms with Crippen molar-refractivity contribution >= 4 is 11.5 Å². The zero-order valence-corrected chi connectivity index (χ0v) is 14.6. The lowest BCUT2D eigenvalue weighted by Gasteiger charge is -2.15. The predicted octanol–water partition coefficient (Wildman–Crippen LogP) is 4.30. The van der Waals surface area contributed by atoms with E-state index < -0.39 is 17.8 Å². The Balaban J connectivity index is 1.84. The average molecular weight is 352 g/mol. The Kier molecular flexibility index (Phi) is 4.98. The van der Waals surface area contributed by atoms with Gasteiger partial charge in [-0.2, -0.15) is 0 Å². The van der Waals surface area contributed by atoms with Gasteiger partial charge in [0.2, 0.25) is 5.76 Å². The Morgan fingerprint density at radius 2 is 1.73 bits per heavy atom. The zero-order chi connectivity index (χ0) is 18.7.